The quantitative estimate of drug-likeness (QED) is 0.604. The number of methoxy groups -OCH3 is 1. The average Bonchev–Trinajstić information content (AvgIpc) is 2.67. The first-order chi connectivity index (χ1) is 11.8. The molecule has 3 aromatic rings. The van der Waals surface area contributed by atoms with Crippen molar-refractivity contribution < 1.29 is 9.53 Å². The van der Waals surface area contributed by atoms with Crippen molar-refractivity contribution in [3.63, 3.8) is 0 Å². The third kappa shape index (κ3) is 3.54. The van der Waals surface area contributed by atoms with Gasteiger partial charge in [-0.1, -0.05) is 72.8 Å². The molecule has 3 aromatic carbocycles. The van der Waals surface area contributed by atoms with Crippen LogP contribution in [-0.4, -0.2) is 12.9 Å². The third-order valence-corrected chi connectivity index (χ3v) is 4.17. The summed E-state index contributed by atoms with van der Waals surface area (Å²) in [5.41, 5.74) is 2.80. The number of ether oxygens (including phenoxy) is 1. The lowest BCUT2D eigenvalue weighted by Gasteiger charge is -2.18. The summed E-state index contributed by atoms with van der Waals surface area (Å²) in [5, 5.41) is 0. The summed E-state index contributed by atoms with van der Waals surface area (Å²) in [6.45, 7) is 0. The minimum absolute atomic E-state index is 0.0857. The second-order valence-corrected chi connectivity index (χ2v) is 5.72. The molecule has 2 heteroatoms. The molecule has 2 nitrogen and oxygen atoms in total. The van der Waals surface area contributed by atoms with E-state index in [-0.39, 0.29) is 11.7 Å². The van der Waals surface area contributed by atoms with Crippen molar-refractivity contribution in [1.82, 2.24) is 0 Å². The third-order valence-electron chi connectivity index (χ3n) is 4.17. The van der Waals surface area contributed by atoms with Gasteiger partial charge >= 0.3 is 0 Å². The van der Waals surface area contributed by atoms with E-state index in [9.17, 15) is 4.79 Å². The first-order valence-corrected chi connectivity index (χ1v) is 8.05. The topological polar surface area (TPSA) is 26.3 Å². The highest BCUT2D eigenvalue weighted by atomic mass is 16.5. The Kier molecular flexibility index (Phi) is 5.07. The van der Waals surface area contributed by atoms with Gasteiger partial charge in [-0.05, 0) is 29.7 Å². The van der Waals surface area contributed by atoms with Crippen molar-refractivity contribution in [3.8, 4) is 5.75 Å². The van der Waals surface area contributed by atoms with Crippen LogP contribution in [0.1, 0.15) is 27.4 Å². The monoisotopic (exact) mass is 316 g/mol. The first-order valence-electron chi connectivity index (χ1n) is 8.05. The lowest BCUT2D eigenvalue weighted by Crippen LogP contribution is -2.16. The lowest BCUT2D eigenvalue weighted by molar-refractivity contribution is 0.0956. The largest absolute Gasteiger partial charge is 0.496 e. The zero-order valence-corrected chi connectivity index (χ0v) is 13.7. The molecule has 0 heterocycles. The van der Waals surface area contributed by atoms with Gasteiger partial charge in [-0.25, -0.2) is 0 Å². The Morgan fingerprint density at radius 2 is 1.42 bits per heavy atom. The molecule has 0 spiro atoms. The minimum atomic E-state index is -0.232. The van der Waals surface area contributed by atoms with Crippen LogP contribution in [0.5, 0.6) is 5.75 Å². The highest BCUT2D eigenvalue weighted by Gasteiger charge is 2.24. The molecule has 3 rings (SSSR count). The van der Waals surface area contributed by atoms with E-state index in [0.29, 0.717) is 17.7 Å². The van der Waals surface area contributed by atoms with Gasteiger partial charge in [-0.2, -0.15) is 0 Å². The number of para-hydroxylation sites is 1. The van der Waals surface area contributed by atoms with Crippen LogP contribution < -0.4 is 4.74 Å². The molecule has 0 saturated carbocycles. The number of hydrogen-bond donors (Lipinski definition) is 0. The highest BCUT2D eigenvalue weighted by Crippen LogP contribution is 2.29. The first kappa shape index (κ1) is 16.0. The summed E-state index contributed by atoms with van der Waals surface area (Å²) in [6, 6.07) is 27.5. The normalized spacial score (nSPS) is 11.7. The second-order valence-electron chi connectivity index (χ2n) is 5.72. The molecule has 0 bridgehead atoms. The number of Topliss-reactive ketones (excluding diaryl/α,β-unsaturated/α-hetero) is 1. The Bertz CT molecular complexity index is 794. The molecule has 0 aliphatic carbocycles. The van der Waals surface area contributed by atoms with E-state index < -0.39 is 0 Å². The number of carbonyl (C=O) groups is 1. The molecular formula is C22H20O2. The number of benzene rings is 3. The number of hydrogen-bond acceptors (Lipinski definition) is 2. The highest BCUT2D eigenvalue weighted by molar-refractivity contribution is 6.03. The van der Waals surface area contributed by atoms with E-state index in [4.69, 9.17) is 4.74 Å². The predicted octanol–water partition coefficient (Wildman–Crippen LogP) is 4.90. The fourth-order valence-electron chi connectivity index (χ4n) is 2.93. The molecule has 24 heavy (non-hydrogen) atoms. The summed E-state index contributed by atoms with van der Waals surface area (Å²) in [4.78, 5) is 13.2. The fourth-order valence-corrected chi connectivity index (χ4v) is 2.93. The Morgan fingerprint density at radius 1 is 0.833 bits per heavy atom. The SMILES string of the molecule is COc1ccccc1C(=O)C(Cc1ccccc1)c1ccccc1. The molecule has 0 saturated heterocycles. The molecule has 0 radical (unpaired) electrons. The van der Waals surface area contributed by atoms with E-state index in [2.05, 4.69) is 12.1 Å². The number of rotatable bonds is 6. The fraction of sp³-hybridized carbons (Fsp3) is 0.136. The number of carbonyl (C=O) groups excluding carboxylic acids is 1. The van der Waals surface area contributed by atoms with Crippen molar-refractivity contribution in [2.24, 2.45) is 0 Å². The van der Waals surface area contributed by atoms with Gasteiger partial charge in [0, 0.05) is 0 Å². The maximum absolute atomic E-state index is 13.2. The number of ketones is 1. The van der Waals surface area contributed by atoms with Crippen LogP contribution in [0.3, 0.4) is 0 Å². The zero-order valence-electron chi connectivity index (χ0n) is 13.7. The molecule has 1 atom stereocenters. The molecule has 0 aromatic heterocycles. The van der Waals surface area contributed by atoms with Gasteiger partial charge in [0.25, 0.3) is 0 Å². The van der Waals surface area contributed by atoms with Crippen molar-refractivity contribution in [1.29, 1.82) is 0 Å². The molecule has 1 unspecified atom stereocenters. The van der Waals surface area contributed by atoms with Gasteiger partial charge < -0.3 is 4.74 Å². The van der Waals surface area contributed by atoms with Gasteiger partial charge in [0.05, 0.1) is 18.6 Å². The summed E-state index contributed by atoms with van der Waals surface area (Å²) < 4.78 is 5.38. The van der Waals surface area contributed by atoms with Gasteiger partial charge in [0.15, 0.2) is 5.78 Å². The summed E-state index contributed by atoms with van der Waals surface area (Å²) in [5.74, 6) is 0.476. The standard InChI is InChI=1S/C22H20O2/c1-24-21-15-9-8-14-19(21)22(23)20(18-12-6-3-7-13-18)16-17-10-4-2-5-11-17/h2-15,20H,16H2,1H3. The summed E-state index contributed by atoms with van der Waals surface area (Å²) in [7, 11) is 1.60. The van der Waals surface area contributed by atoms with Crippen molar-refractivity contribution in [3.05, 3.63) is 102 Å². The van der Waals surface area contributed by atoms with Crippen molar-refractivity contribution >= 4 is 5.78 Å². The Labute approximate surface area is 142 Å². The van der Waals surface area contributed by atoms with Crippen LogP contribution in [0.4, 0.5) is 0 Å². The van der Waals surface area contributed by atoms with Crippen LogP contribution in [0.25, 0.3) is 0 Å². The van der Waals surface area contributed by atoms with E-state index in [0.717, 1.165) is 11.1 Å². The molecule has 0 amide bonds. The Balaban J connectivity index is 1.99. The van der Waals surface area contributed by atoms with Gasteiger partial charge in [0.2, 0.25) is 0 Å². The molecule has 0 fully saturated rings. The molecule has 120 valence electrons. The van der Waals surface area contributed by atoms with E-state index in [1.807, 2.05) is 72.8 Å². The summed E-state index contributed by atoms with van der Waals surface area (Å²) in [6.07, 6.45) is 0.668. The van der Waals surface area contributed by atoms with Crippen molar-refractivity contribution in [2.75, 3.05) is 7.11 Å². The van der Waals surface area contributed by atoms with Crippen LogP contribution in [-0.2, 0) is 6.42 Å². The zero-order chi connectivity index (χ0) is 16.8. The summed E-state index contributed by atoms with van der Waals surface area (Å²) >= 11 is 0. The lowest BCUT2D eigenvalue weighted by atomic mass is 9.85. The Morgan fingerprint density at radius 3 is 2.08 bits per heavy atom. The van der Waals surface area contributed by atoms with Gasteiger partial charge in [-0.15, -0.1) is 0 Å². The molecule has 0 aliphatic rings. The molecular weight excluding hydrogens is 296 g/mol. The van der Waals surface area contributed by atoms with Crippen LogP contribution in [0.2, 0.25) is 0 Å². The van der Waals surface area contributed by atoms with Crippen molar-refractivity contribution in [2.45, 2.75) is 12.3 Å². The van der Waals surface area contributed by atoms with E-state index >= 15 is 0 Å². The maximum atomic E-state index is 13.2. The van der Waals surface area contributed by atoms with Crippen LogP contribution in [0, 0.1) is 0 Å². The molecule has 0 aliphatic heterocycles. The maximum Gasteiger partial charge on any atom is 0.174 e. The second kappa shape index (κ2) is 7.60. The van der Waals surface area contributed by atoms with Crippen LogP contribution in [0.15, 0.2) is 84.9 Å². The average molecular weight is 316 g/mol. The Hall–Kier alpha value is -2.87. The van der Waals surface area contributed by atoms with E-state index in [1.165, 1.54) is 0 Å². The van der Waals surface area contributed by atoms with E-state index in [1.54, 1.807) is 7.11 Å². The smallest absolute Gasteiger partial charge is 0.174 e. The minimum Gasteiger partial charge on any atom is -0.496 e. The predicted molar refractivity (Wildman–Crippen MR) is 96.7 cm³/mol. The molecule has 0 N–H and O–H groups in total. The van der Waals surface area contributed by atoms with Gasteiger partial charge in [-0.3, -0.25) is 4.79 Å². The van der Waals surface area contributed by atoms with Crippen LogP contribution >= 0.6 is 0 Å². The van der Waals surface area contributed by atoms with Gasteiger partial charge in [0.1, 0.15) is 5.75 Å².